The first-order valence-corrected chi connectivity index (χ1v) is 8.25. The van der Waals surface area contributed by atoms with Gasteiger partial charge in [0, 0.05) is 13.2 Å². The average Bonchev–Trinajstić information content (AvgIpc) is 3.24. The molecule has 2 fully saturated rings. The number of ether oxygens (including phenoxy) is 1. The van der Waals surface area contributed by atoms with Crippen molar-refractivity contribution in [2.75, 3.05) is 13.2 Å². The Bertz CT molecular complexity index is 524. The number of nitrogens with zero attached hydrogens (tertiary/aromatic N) is 4. The third kappa shape index (κ3) is 3.09. The van der Waals surface area contributed by atoms with Crippen LogP contribution in [0.25, 0.3) is 0 Å². The van der Waals surface area contributed by atoms with Crippen molar-refractivity contribution >= 4 is 6.03 Å². The van der Waals surface area contributed by atoms with Gasteiger partial charge in [-0.3, -0.25) is 0 Å². The van der Waals surface area contributed by atoms with Gasteiger partial charge in [0.15, 0.2) is 0 Å². The highest BCUT2D eigenvalue weighted by molar-refractivity contribution is 5.74. The van der Waals surface area contributed by atoms with E-state index in [1.807, 2.05) is 18.7 Å². The topological polar surface area (TPSA) is 72.3 Å². The van der Waals surface area contributed by atoms with E-state index in [0.717, 1.165) is 56.8 Å². The van der Waals surface area contributed by atoms with Crippen LogP contribution in [0.3, 0.4) is 0 Å². The SMILES string of the molecule is CCn1nc(C)c(CNC(=O)N2CCCC2C2CCCO2)n1. The number of hydrogen-bond donors (Lipinski definition) is 1. The van der Waals surface area contributed by atoms with E-state index in [9.17, 15) is 4.79 Å². The molecule has 0 aromatic carbocycles. The highest BCUT2D eigenvalue weighted by atomic mass is 16.5. The molecule has 2 aliphatic heterocycles. The highest BCUT2D eigenvalue weighted by Gasteiger charge is 2.36. The summed E-state index contributed by atoms with van der Waals surface area (Å²) < 4.78 is 5.77. The third-order valence-electron chi connectivity index (χ3n) is 4.56. The summed E-state index contributed by atoms with van der Waals surface area (Å²) >= 11 is 0. The summed E-state index contributed by atoms with van der Waals surface area (Å²) in [5.41, 5.74) is 1.71. The molecule has 0 aliphatic carbocycles. The number of nitrogens with one attached hydrogen (secondary N) is 1. The lowest BCUT2D eigenvalue weighted by molar-refractivity contribution is 0.0520. The van der Waals surface area contributed by atoms with Gasteiger partial charge < -0.3 is 15.0 Å². The van der Waals surface area contributed by atoms with Crippen LogP contribution >= 0.6 is 0 Å². The lowest BCUT2D eigenvalue weighted by atomic mass is 10.1. The molecule has 2 amide bonds. The molecule has 0 saturated carbocycles. The molecular weight excluding hydrogens is 282 g/mol. The Morgan fingerprint density at radius 3 is 2.91 bits per heavy atom. The molecule has 122 valence electrons. The molecule has 0 spiro atoms. The molecule has 1 N–H and O–H groups in total. The van der Waals surface area contributed by atoms with Gasteiger partial charge in [-0.05, 0) is 39.5 Å². The summed E-state index contributed by atoms with van der Waals surface area (Å²) in [4.78, 5) is 16.1. The van der Waals surface area contributed by atoms with Crippen LogP contribution in [0.1, 0.15) is 44.0 Å². The number of rotatable bonds is 4. The second-order valence-corrected chi connectivity index (χ2v) is 6.03. The number of urea groups is 1. The number of carbonyl (C=O) groups excluding carboxylic acids is 1. The van der Waals surface area contributed by atoms with E-state index in [-0.39, 0.29) is 18.2 Å². The van der Waals surface area contributed by atoms with Crippen molar-refractivity contribution in [2.24, 2.45) is 0 Å². The fraction of sp³-hybridized carbons (Fsp3) is 0.800. The predicted molar refractivity (Wildman–Crippen MR) is 81.4 cm³/mol. The third-order valence-corrected chi connectivity index (χ3v) is 4.56. The Labute approximate surface area is 131 Å². The number of likely N-dealkylation sites (tertiary alicyclic amines) is 1. The molecule has 2 atom stereocenters. The van der Waals surface area contributed by atoms with E-state index >= 15 is 0 Å². The maximum atomic E-state index is 12.5. The van der Waals surface area contributed by atoms with Gasteiger partial charge in [-0.2, -0.15) is 15.0 Å². The van der Waals surface area contributed by atoms with Gasteiger partial charge in [0.2, 0.25) is 0 Å². The van der Waals surface area contributed by atoms with Crippen molar-refractivity contribution in [3.05, 3.63) is 11.4 Å². The minimum absolute atomic E-state index is 0.0107. The number of aromatic nitrogens is 3. The van der Waals surface area contributed by atoms with E-state index in [4.69, 9.17) is 4.74 Å². The van der Waals surface area contributed by atoms with Crippen LogP contribution in [0.2, 0.25) is 0 Å². The Morgan fingerprint density at radius 1 is 1.36 bits per heavy atom. The molecule has 2 unspecified atom stereocenters. The Balaban J connectivity index is 1.57. The normalized spacial score (nSPS) is 24.9. The molecule has 3 heterocycles. The zero-order valence-electron chi connectivity index (χ0n) is 13.4. The summed E-state index contributed by atoms with van der Waals surface area (Å²) in [7, 11) is 0. The largest absolute Gasteiger partial charge is 0.376 e. The first-order chi connectivity index (χ1) is 10.7. The first kappa shape index (κ1) is 15.3. The zero-order chi connectivity index (χ0) is 15.5. The minimum atomic E-state index is -0.0107. The monoisotopic (exact) mass is 307 g/mol. The van der Waals surface area contributed by atoms with Crippen molar-refractivity contribution < 1.29 is 9.53 Å². The quantitative estimate of drug-likeness (QED) is 0.914. The summed E-state index contributed by atoms with van der Waals surface area (Å²) in [6, 6.07) is 0.221. The van der Waals surface area contributed by atoms with Crippen LogP contribution in [0, 0.1) is 6.92 Å². The maximum absolute atomic E-state index is 12.5. The Hall–Kier alpha value is -1.63. The average molecular weight is 307 g/mol. The Kier molecular flexibility index (Phi) is 4.61. The second-order valence-electron chi connectivity index (χ2n) is 6.03. The molecule has 2 aliphatic rings. The van der Waals surface area contributed by atoms with Crippen molar-refractivity contribution in [1.29, 1.82) is 0 Å². The fourth-order valence-electron chi connectivity index (χ4n) is 3.37. The van der Waals surface area contributed by atoms with E-state index < -0.39 is 0 Å². The van der Waals surface area contributed by atoms with Gasteiger partial charge in [0.05, 0.1) is 30.9 Å². The van der Waals surface area contributed by atoms with Gasteiger partial charge in [0.1, 0.15) is 5.69 Å². The van der Waals surface area contributed by atoms with E-state index in [2.05, 4.69) is 15.5 Å². The van der Waals surface area contributed by atoms with Gasteiger partial charge in [0.25, 0.3) is 0 Å². The van der Waals surface area contributed by atoms with E-state index in [0.29, 0.717) is 6.54 Å². The summed E-state index contributed by atoms with van der Waals surface area (Å²) in [6.07, 6.45) is 4.50. The van der Waals surface area contributed by atoms with Crippen LogP contribution in [-0.2, 0) is 17.8 Å². The van der Waals surface area contributed by atoms with Crippen molar-refractivity contribution in [3.63, 3.8) is 0 Å². The fourth-order valence-corrected chi connectivity index (χ4v) is 3.37. The Morgan fingerprint density at radius 2 is 2.23 bits per heavy atom. The van der Waals surface area contributed by atoms with Crippen LogP contribution < -0.4 is 5.32 Å². The highest BCUT2D eigenvalue weighted by Crippen LogP contribution is 2.27. The molecule has 1 aromatic heterocycles. The van der Waals surface area contributed by atoms with Gasteiger partial charge in [-0.25, -0.2) is 4.79 Å². The van der Waals surface area contributed by atoms with Crippen molar-refractivity contribution in [2.45, 2.75) is 64.8 Å². The number of hydrogen-bond acceptors (Lipinski definition) is 4. The van der Waals surface area contributed by atoms with Crippen molar-refractivity contribution in [1.82, 2.24) is 25.2 Å². The molecule has 2 saturated heterocycles. The second kappa shape index (κ2) is 6.64. The summed E-state index contributed by atoms with van der Waals surface area (Å²) in [6.45, 7) is 6.73. The standard InChI is InChI=1S/C15H25N5O2/c1-3-20-17-11(2)12(18-20)10-16-15(21)19-8-4-6-13(19)14-7-5-9-22-14/h13-14H,3-10H2,1-2H3,(H,16,21). The maximum Gasteiger partial charge on any atom is 0.318 e. The summed E-state index contributed by atoms with van der Waals surface area (Å²) in [5.74, 6) is 0. The molecule has 0 bridgehead atoms. The summed E-state index contributed by atoms with van der Waals surface area (Å²) in [5, 5.41) is 11.7. The molecule has 1 aromatic rings. The number of amides is 2. The number of carbonyl (C=O) groups is 1. The first-order valence-electron chi connectivity index (χ1n) is 8.25. The smallest absolute Gasteiger partial charge is 0.318 e. The lowest BCUT2D eigenvalue weighted by Gasteiger charge is -2.28. The molecule has 7 nitrogen and oxygen atoms in total. The lowest BCUT2D eigenvalue weighted by Crippen LogP contribution is -2.47. The van der Waals surface area contributed by atoms with E-state index in [1.165, 1.54) is 0 Å². The van der Waals surface area contributed by atoms with Gasteiger partial charge in [-0.1, -0.05) is 0 Å². The molecule has 7 heteroatoms. The molecule has 22 heavy (non-hydrogen) atoms. The molecular formula is C15H25N5O2. The van der Waals surface area contributed by atoms with E-state index in [1.54, 1.807) is 4.80 Å². The van der Waals surface area contributed by atoms with Crippen LogP contribution in [0.4, 0.5) is 4.79 Å². The zero-order valence-corrected chi connectivity index (χ0v) is 13.4. The van der Waals surface area contributed by atoms with Gasteiger partial charge in [-0.15, -0.1) is 0 Å². The van der Waals surface area contributed by atoms with Gasteiger partial charge >= 0.3 is 6.03 Å². The number of aryl methyl sites for hydroxylation is 2. The van der Waals surface area contributed by atoms with Crippen LogP contribution in [-0.4, -0.2) is 51.2 Å². The predicted octanol–water partition coefficient (Wildman–Crippen LogP) is 1.46. The van der Waals surface area contributed by atoms with Crippen LogP contribution in [0.5, 0.6) is 0 Å². The molecule has 3 rings (SSSR count). The van der Waals surface area contributed by atoms with Crippen molar-refractivity contribution in [3.8, 4) is 0 Å². The van der Waals surface area contributed by atoms with Crippen LogP contribution in [0.15, 0.2) is 0 Å². The molecule has 0 radical (unpaired) electrons. The minimum Gasteiger partial charge on any atom is -0.376 e.